The molecular formula is C30H30FNO4. The number of rotatable bonds is 5. The Labute approximate surface area is 209 Å². The third-order valence-corrected chi connectivity index (χ3v) is 6.73. The maximum atomic E-state index is 15.2. The van der Waals surface area contributed by atoms with Crippen LogP contribution in [0, 0.1) is 12.7 Å². The normalized spacial score (nSPS) is 14.2. The second-order valence-corrected chi connectivity index (χ2v) is 10.4. The molecule has 5 nitrogen and oxygen atoms in total. The molecule has 0 aliphatic carbocycles. The summed E-state index contributed by atoms with van der Waals surface area (Å²) in [6.45, 7) is 9.88. The fraction of sp³-hybridized carbons (Fsp3) is 0.333. The van der Waals surface area contributed by atoms with Crippen LogP contribution >= 0.6 is 0 Å². The van der Waals surface area contributed by atoms with Crippen LogP contribution in [0.2, 0.25) is 0 Å². The van der Waals surface area contributed by atoms with Crippen LogP contribution < -0.4 is 4.74 Å². The van der Waals surface area contributed by atoms with E-state index in [1.807, 2.05) is 65.0 Å². The van der Waals surface area contributed by atoms with E-state index < -0.39 is 17.7 Å². The Hall–Kier alpha value is -3.51. The molecule has 4 aromatic rings. The number of aryl methyl sites for hydroxylation is 2. The average Bonchev–Trinajstić information content (AvgIpc) is 2.82. The van der Waals surface area contributed by atoms with Crippen molar-refractivity contribution in [2.75, 3.05) is 6.61 Å². The van der Waals surface area contributed by atoms with E-state index in [0.717, 1.165) is 39.6 Å². The van der Waals surface area contributed by atoms with Crippen LogP contribution in [0.3, 0.4) is 0 Å². The molecule has 0 saturated carbocycles. The van der Waals surface area contributed by atoms with E-state index in [4.69, 9.17) is 14.5 Å². The minimum absolute atomic E-state index is 0.316. The van der Waals surface area contributed by atoms with Crippen molar-refractivity contribution in [1.82, 2.24) is 4.98 Å². The highest BCUT2D eigenvalue weighted by atomic mass is 19.1. The number of pyridine rings is 1. The van der Waals surface area contributed by atoms with Crippen LogP contribution in [0.25, 0.3) is 32.8 Å². The lowest BCUT2D eigenvalue weighted by atomic mass is 9.85. The first-order chi connectivity index (χ1) is 17.1. The highest BCUT2D eigenvalue weighted by molar-refractivity contribution is 6.09. The first-order valence-corrected chi connectivity index (χ1v) is 12.3. The minimum atomic E-state index is -1.25. The van der Waals surface area contributed by atoms with Gasteiger partial charge in [-0.3, -0.25) is 4.98 Å². The average molecular weight is 488 g/mol. The first-order valence-electron chi connectivity index (χ1n) is 12.3. The molecule has 0 saturated heterocycles. The Morgan fingerprint density at radius 3 is 2.69 bits per heavy atom. The van der Waals surface area contributed by atoms with Crippen molar-refractivity contribution in [3.05, 3.63) is 70.7 Å². The van der Waals surface area contributed by atoms with Crippen molar-refractivity contribution in [1.29, 1.82) is 0 Å². The van der Waals surface area contributed by atoms with Gasteiger partial charge in [-0.05, 0) is 97.5 Å². The van der Waals surface area contributed by atoms with Gasteiger partial charge in [-0.2, -0.15) is 0 Å². The van der Waals surface area contributed by atoms with E-state index >= 15 is 4.39 Å². The number of aliphatic carboxylic acids is 1. The summed E-state index contributed by atoms with van der Waals surface area (Å²) >= 11 is 0. The van der Waals surface area contributed by atoms with Crippen LogP contribution in [0.15, 0.2) is 42.6 Å². The molecule has 1 N–H and O–H groups in total. The molecule has 1 aromatic heterocycles. The van der Waals surface area contributed by atoms with Crippen LogP contribution in [-0.4, -0.2) is 28.3 Å². The second-order valence-electron chi connectivity index (χ2n) is 10.4. The van der Waals surface area contributed by atoms with Gasteiger partial charge < -0.3 is 14.6 Å². The van der Waals surface area contributed by atoms with Crippen LogP contribution in [-0.2, 0) is 22.4 Å². The number of carbonyl (C=O) groups is 1. The standard InChI is InChI=1S/C30H30FNO4/c1-6-17-14-19-13-16(2)24(28(29(33)34)36-30(3,4)5)26(21(19)15-22(17)31)20-7-8-23-25-18(10-12-35-23)9-11-32-27(20)25/h7-9,11,13-15,28H,6,10,12H2,1-5H3,(H,33,34). The summed E-state index contributed by atoms with van der Waals surface area (Å²) < 4.78 is 27.2. The van der Waals surface area contributed by atoms with Gasteiger partial charge in [-0.25, -0.2) is 9.18 Å². The molecule has 1 aliphatic rings. The fourth-order valence-corrected chi connectivity index (χ4v) is 5.22. The molecule has 0 spiro atoms. The Morgan fingerprint density at radius 2 is 2.00 bits per heavy atom. The molecule has 1 aliphatic heterocycles. The van der Waals surface area contributed by atoms with Crippen LogP contribution in [0.4, 0.5) is 4.39 Å². The lowest BCUT2D eigenvalue weighted by molar-refractivity contribution is -0.160. The molecule has 1 unspecified atom stereocenters. The molecule has 2 heterocycles. The van der Waals surface area contributed by atoms with E-state index in [-0.39, 0.29) is 5.82 Å². The molecule has 186 valence electrons. The number of hydrogen-bond donors (Lipinski definition) is 1. The number of hydrogen-bond acceptors (Lipinski definition) is 4. The zero-order valence-corrected chi connectivity index (χ0v) is 21.2. The van der Waals surface area contributed by atoms with Gasteiger partial charge in [-0.1, -0.05) is 13.0 Å². The first kappa shape index (κ1) is 24.2. The van der Waals surface area contributed by atoms with Gasteiger partial charge in [-0.15, -0.1) is 0 Å². The maximum absolute atomic E-state index is 15.2. The highest BCUT2D eigenvalue weighted by Gasteiger charge is 2.33. The molecule has 0 amide bonds. The summed E-state index contributed by atoms with van der Waals surface area (Å²) in [6, 6.07) is 11.1. The molecule has 0 radical (unpaired) electrons. The highest BCUT2D eigenvalue weighted by Crippen LogP contribution is 2.45. The van der Waals surface area contributed by atoms with Crippen molar-refractivity contribution in [2.45, 2.75) is 59.2 Å². The number of ether oxygens (including phenoxy) is 2. The largest absolute Gasteiger partial charge is 0.493 e. The number of halogens is 1. The molecule has 6 heteroatoms. The third-order valence-electron chi connectivity index (χ3n) is 6.73. The van der Waals surface area contributed by atoms with Crippen molar-refractivity contribution in [2.24, 2.45) is 0 Å². The Kier molecular flexibility index (Phi) is 5.95. The maximum Gasteiger partial charge on any atom is 0.337 e. The molecule has 1 atom stereocenters. The summed E-state index contributed by atoms with van der Waals surface area (Å²) in [5.41, 5.74) is 4.37. The molecule has 3 aromatic carbocycles. The second kappa shape index (κ2) is 8.86. The molecule has 5 rings (SSSR count). The minimum Gasteiger partial charge on any atom is -0.493 e. The van der Waals surface area contributed by atoms with E-state index in [1.165, 1.54) is 6.07 Å². The Balaban J connectivity index is 1.94. The fourth-order valence-electron chi connectivity index (χ4n) is 5.22. The lowest BCUT2D eigenvalue weighted by Crippen LogP contribution is -2.28. The monoisotopic (exact) mass is 487 g/mol. The number of nitrogens with zero attached hydrogens (tertiary/aromatic N) is 1. The van der Waals surface area contributed by atoms with Crippen molar-refractivity contribution in [3.63, 3.8) is 0 Å². The van der Waals surface area contributed by atoms with E-state index in [9.17, 15) is 9.90 Å². The third kappa shape index (κ3) is 4.09. The number of benzene rings is 3. The zero-order chi connectivity index (χ0) is 25.8. The molecular weight excluding hydrogens is 457 g/mol. The zero-order valence-electron chi connectivity index (χ0n) is 21.2. The van der Waals surface area contributed by atoms with Gasteiger partial charge in [0, 0.05) is 29.1 Å². The molecule has 0 fully saturated rings. The summed E-state index contributed by atoms with van der Waals surface area (Å²) in [5, 5.41) is 12.7. The van der Waals surface area contributed by atoms with E-state index in [2.05, 4.69) is 0 Å². The van der Waals surface area contributed by atoms with Gasteiger partial charge in [0.25, 0.3) is 0 Å². The molecule has 36 heavy (non-hydrogen) atoms. The molecule has 0 bridgehead atoms. The van der Waals surface area contributed by atoms with Crippen molar-refractivity contribution < 1.29 is 23.8 Å². The summed E-state index contributed by atoms with van der Waals surface area (Å²) in [7, 11) is 0. The number of carboxylic acids is 1. The number of fused-ring (bicyclic) bond motifs is 1. The van der Waals surface area contributed by atoms with Gasteiger partial charge in [0.1, 0.15) is 11.6 Å². The smallest absolute Gasteiger partial charge is 0.337 e. The predicted octanol–water partition coefficient (Wildman–Crippen LogP) is 6.94. The predicted molar refractivity (Wildman–Crippen MR) is 139 cm³/mol. The van der Waals surface area contributed by atoms with Crippen molar-refractivity contribution >= 4 is 27.6 Å². The topological polar surface area (TPSA) is 68.7 Å². The SMILES string of the molecule is CCc1cc2cc(C)c(C(OC(C)(C)C)C(=O)O)c(-c3ccc4c5c(ccnc35)CCO4)c2cc1F. The van der Waals surface area contributed by atoms with Crippen LogP contribution in [0.5, 0.6) is 5.75 Å². The van der Waals surface area contributed by atoms with Gasteiger partial charge in [0.05, 0.1) is 17.7 Å². The number of aromatic nitrogens is 1. The summed E-state index contributed by atoms with van der Waals surface area (Å²) in [4.78, 5) is 17.3. The Bertz CT molecular complexity index is 1510. The van der Waals surface area contributed by atoms with E-state index in [0.29, 0.717) is 40.6 Å². The van der Waals surface area contributed by atoms with E-state index in [1.54, 1.807) is 6.20 Å². The quantitative estimate of drug-likeness (QED) is 0.330. The van der Waals surface area contributed by atoms with Gasteiger partial charge >= 0.3 is 5.97 Å². The Morgan fingerprint density at radius 1 is 1.22 bits per heavy atom. The summed E-state index contributed by atoms with van der Waals surface area (Å²) in [6.07, 6.45) is 1.84. The number of carboxylic acid groups (broad SMARTS) is 1. The van der Waals surface area contributed by atoms with Crippen molar-refractivity contribution in [3.8, 4) is 16.9 Å². The lowest BCUT2D eigenvalue weighted by Gasteiger charge is -2.29. The van der Waals surface area contributed by atoms with Gasteiger partial charge in [0.2, 0.25) is 0 Å². The van der Waals surface area contributed by atoms with Crippen LogP contribution in [0.1, 0.15) is 56.1 Å². The summed E-state index contributed by atoms with van der Waals surface area (Å²) in [5.74, 6) is -0.663. The van der Waals surface area contributed by atoms with Gasteiger partial charge in [0.15, 0.2) is 6.10 Å².